The molecule has 0 saturated heterocycles. The lowest BCUT2D eigenvalue weighted by atomic mass is 10.3. The lowest BCUT2D eigenvalue weighted by Gasteiger charge is -2.28. The molecule has 1 heterocycles. The van der Waals surface area contributed by atoms with E-state index in [9.17, 15) is 24.1 Å². The number of aromatic amines is 1. The van der Waals surface area contributed by atoms with Crippen LogP contribution in [0.3, 0.4) is 0 Å². The van der Waals surface area contributed by atoms with Crippen LogP contribution in [0, 0.1) is 6.92 Å². The molecule has 0 radical (unpaired) electrons. The van der Waals surface area contributed by atoms with Gasteiger partial charge in [0.2, 0.25) is 5.91 Å². The molecule has 0 aliphatic carbocycles. The lowest BCUT2D eigenvalue weighted by Crippen LogP contribution is -2.43. The van der Waals surface area contributed by atoms with E-state index in [-0.39, 0.29) is 25.3 Å². The number of aromatic nitrogens is 2. The van der Waals surface area contributed by atoms with Crippen molar-refractivity contribution in [3.63, 3.8) is 0 Å². The van der Waals surface area contributed by atoms with Crippen LogP contribution in [0.5, 0.6) is 0 Å². The Morgan fingerprint density at radius 1 is 1.33 bits per heavy atom. The van der Waals surface area contributed by atoms with Gasteiger partial charge in [0, 0.05) is 18.3 Å². The smallest absolute Gasteiger partial charge is 0.349 e. The maximum absolute atomic E-state index is 12.7. The van der Waals surface area contributed by atoms with E-state index in [4.69, 9.17) is 14.2 Å². The maximum atomic E-state index is 12.7. The molecule has 1 atom stereocenters. The number of amides is 1. The van der Waals surface area contributed by atoms with E-state index in [0.717, 1.165) is 9.47 Å². The van der Waals surface area contributed by atoms with Gasteiger partial charge < -0.3 is 24.2 Å². The molecular formula is C15H26N3O8P. The van der Waals surface area contributed by atoms with Crippen molar-refractivity contribution >= 4 is 13.5 Å². The first kappa shape index (κ1) is 23.3. The number of carbonyl (C=O) groups is 1. The molecule has 0 unspecified atom stereocenters. The number of nitrogens with zero attached hydrogens (tertiary/aromatic N) is 2. The predicted octanol–water partition coefficient (Wildman–Crippen LogP) is -0.750. The topological polar surface area (TPSA) is 151 Å². The van der Waals surface area contributed by atoms with Crippen LogP contribution in [0.1, 0.15) is 19.4 Å². The van der Waals surface area contributed by atoms with Crippen molar-refractivity contribution in [3.05, 3.63) is 32.6 Å². The molecule has 0 spiro atoms. The molecule has 0 bridgehead atoms. The number of aliphatic hydroxyl groups is 2. The molecule has 0 aliphatic heterocycles. The van der Waals surface area contributed by atoms with Crippen molar-refractivity contribution in [2.45, 2.75) is 33.4 Å². The summed E-state index contributed by atoms with van der Waals surface area (Å²) < 4.78 is 24.0. The number of aryl methyl sites for hydroxylation is 1. The van der Waals surface area contributed by atoms with Gasteiger partial charge in [0.1, 0.15) is 12.8 Å². The highest BCUT2D eigenvalue weighted by molar-refractivity contribution is 7.53. The average Bonchev–Trinajstić information content (AvgIpc) is 2.59. The van der Waals surface area contributed by atoms with Gasteiger partial charge in [-0.15, -0.1) is 0 Å². The van der Waals surface area contributed by atoms with Crippen molar-refractivity contribution in [2.75, 3.05) is 32.7 Å². The Morgan fingerprint density at radius 3 is 2.44 bits per heavy atom. The summed E-state index contributed by atoms with van der Waals surface area (Å²) in [4.78, 5) is 39.0. The van der Waals surface area contributed by atoms with Gasteiger partial charge in [-0.1, -0.05) is 0 Å². The Morgan fingerprint density at radius 2 is 1.93 bits per heavy atom. The average molecular weight is 407 g/mol. The van der Waals surface area contributed by atoms with Crippen LogP contribution in [0.4, 0.5) is 0 Å². The van der Waals surface area contributed by atoms with Gasteiger partial charge in [-0.3, -0.25) is 23.7 Å². The third kappa shape index (κ3) is 7.04. The largest absolute Gasteiger partial charge is 0.394 e. The van der Waals surface area contributed by atoms with Gasteiger partial charge in [-0.2, -0.15) is 0 Å². The predicted molar refractivity (Wildman–Crippen MR) is 96.6 cm³/mol. The SMILES string of the molecule is CCOP(=O)(CN(C[C@@H](O)CO)C(=O)Cn1cc(C)c(=O)[nH]c1=O)OCC. The van der Waals surface area contributed by atoms with Gasteiger partial charge in [0.15, 0.2) is 0 Å². The van der Waals surface area contributed by atoms with E-state index in [2.05, 4.69) is 4.98 Å². The minimum Gasteiger partial charge on any atom is -0.394 e. The highest BCUT2D eigenvalue weighted by Gasteiger charge is 2.31. The molecule has 27 heavy (non-hydrogen) atoms. The Kier molecular flexibility index (Phi) is 9.07. The highest BCUT2D eigenvalue weighted by Crippen LogP contribution is 2.48. The first-order valence-electron chi connectivity index (χ1n) is 8.41. The number of rotatable bonds is 11. The van der Waals surface area contributed by atoms with E-state index < -0.39 is 50.3 Å². The summed E-state index contributed by atoms with van der Waals surface area (Å²) in [6.07, 6.45) is -0.508. The molecule has 0 aliphatic rings. The number of aliphatic hydroxyl groups excluding tert-OH is 2. The summed E-state index contributed by atoms with van der Waals surface area (Å²) in [6, 6.07) is 0. The van der Waals surface area contributed by atoms with Crippen molar-refractivity contribution < 1.29 is 28.6 Å². The Labute approximate surface area is 156 Å². The van der Waals surface area contributed by atoms with Crippen LogP contribution in [0.2, 0.25) is 0 Å². The van der Waals surface area contributed by atoms with Crippen LogP contribution in [0.15, 0.2) is 15.8 Å². The standard InChI is InChI=1S/C15H26N3O8P/c1-4-25-27(24,26-5-2)10-18(7-12(20)9-19)13(21)8-17-6-11(3)14(22)16-15(17)23/h6,12,19-20H,4-5,7-10H2,1-3H3,(H,16,22,23)/t12-/m1/s1. The van der Waals surface area contributed by atoms with Crippen molar-refractivity contribution in [1.29, 1.82) is 0 Å². The molecule has 1 aromatic rings. The number of hydrogen-bond donors (Lipinski definition) is 3. The van der Waals surface area contributed by atoms with Crippen LogP contribution < -0.4 is 11.2 Å². The second-order valence-corrected chi connectivity index (χ2v) is 7.76. The summed E-state index contributed by atoms with van der Waals surface area (Å²) in [5.74, 6) is -0.671. The molecule has 1 aromatic heterocycles. The first-order chi connectivity index (χ1) is 12.7. The summed E-state index contributed by atoms with van der Waals surface area (Å²) in [5, 5.41) is 18.8. The van der Waals surface area contributed by atoms with Gasteiger partial charge in [0.05, 0.1) is 25.9 Å². The number of nitrogens with one attached hydrogen (secondary N) is 1. The van der Waals surface area contributed by atoms with Crippen molar-refractivity contribution in [3.8, 4) is 0 Å². The molecule has 0 fully saturated rings. The second kappa shape index (κ2) is 10.5. The molecule has 154 valence electrons. The van der Waals surface area contributed by atoms with E-state index >= 15 is 0 Å². The zero-order chi connectivity index (χ0) is 20.6. The summed E-state index contributed by atoms with van der Waals surface area (Å²) in [6.45, 7) is 3.45. The molecule has 1 amide bonds. The Bertz CT molecular complexity index is 780. The normalized spacial score (nSPS) is 12.8. The molecular weight excluding hydrogens is 381 g/mol. The zero-order valence-corrected chi connectivity index (χ0v) is 16.5. The number of H-pyrrole nitrogens is 1. The quantitative estimate of drug-likeness (QED) is 0.405. The van der Waals surface area contributed by atoms with Gasteiger partial charge in [0.25, 0.3) is 5.56 Å². The van der Waals surface area contributed by atoms with Crippen LogP contribution in [-0.4, -0.2) is 69.3 Å². The fraction of sp³-hybridized carbons (Fsp3) is 0.667. The minimum atomic E-state index is -3.66. The van der Waals surface area contributed by atoms with Crippen LogP contribution >= 0.6 is 7.60 Å². The van der Waals surface area contributed by atoms with E-state index in [1.807, 2.05) is 0 Å². The van der Waals surface area contributed by atoms with E-state index in [1.54, 1.807) is 13.8 Å². The first-order valence-corrected chi connectivity index (χ1v) is 10.1. The van der Waals surface area contributed by atoms with Crippen LogP contribution in [0.25, 0.3) is 0 Å². The molecule has 11 nitrogen and oxygen atoms in total. The Hall–Kier alpha value is -1.78. The fourth-order valence-electron chi connectivity index (χ4n) is 2.25. The lowest BCUT2D eigenvalue weighted by molar-refractivity contribution is -0.133. The summed E-state index contributed by atoms with van der Waals surface area (Å²) >= 11 is 0. The zero-order valence-electron chi connectivity index (χ0n) is 15.6. The van der Waals surface area contributed by atoms with Crippen molar-refractivity contribution in [1.82, 2.24) is 14.5 Å². The molecule has 0 aromatic carbocycles. The second-order valence-electron chi connectivity index (χ2n) is 5.74. The third-order valence-corrected chi connectivity index (χ3v) is 5.48. The minimum absolute atomic E-state index is 0.0838. The molecule has 3 N–H and O–H groups in total. The van der Waals surface area contributed by atoms with Gasteiger partial charge in [-0.05, 0) is 20.8 Å². The molecule has 1 rings (SSSR count). The van der Waals surface area contributed by atoms with Gasteiger partial charge in [-0.25, -0.2) is 4.79 Å². The molecule has 0 saturated carbocycles. The number of carbonyl (C=O) groups excluding carboxylic acids is 1. The van der Waals surface area contributed by atoms with Gasteiger partial charge >= 0.3 is 13.3 Å². The highest BCUT2D eigenvalue weighted by atomic mass is 31.2. The Balaban J connectivity index is 3.10. The van der Waals surface area contributed by atoms with E-state index in [0.29, 0.717) is 0 Å². The monoisotopic (exact) mass is 407 g/mol. The fourth-order valence-corrected chi connectivity index (χ4v) is 3.97. The summed E-state index contributed by atoms with van der Waals surface area (Å²) in [7, 11) is -3.66. The number of hydrogen-bond acceptors (Lipinski definition) is 8. The third-order valence-electron chi connectivity index (χ3n) is 3.48. The van der Waals surface area contributed by atoms with E-state index in [1.165, 1.54) is 13.1 Å². The summed E-state index contributed by atoms with van der Waals surface area (Å²) in [5.41, 5.74) is -1.11. The van der Waals surface area contributed by atoms with Crippen molar-refractivity contribution in [2.24, 2.45) is 0 Å². The maximum Gasteiger partial charge on any atom is 0.349 e. The van der Waals surface area contributed by atoms with Crippen LogP contribution in [-0.2, 0) is 25.0 Å². The molecule has 12 heteroatoms.